The third-order valence-corrected chi connectivity index (χ3v) is 6.06. The van der Waals surface area contributed by atoms with Crippen LogP contribution in [0.5, 0.6) is 0 Å². The van der Waals surface area contributed by atoms with Crippen molar-refractivity contribution in [2.75, 3.05) is 5.73 Å². The van der Waals surface area contributed by atoms with Gasteiger partial charge in [0.05, 0.1) is 11.0 Å². The van der Waals surface area contributed by atoms with E-state index in [1.165, 1.54) is 0 Å². The van der Waals surface area contributed by atoms with Crippen molar-refractivity contribution < 1.29 is 8.42 Å². The summed E-state index contributed by atoms with van der Waals surface area (Å²) in [5, 5.41) is 0.271. The van der Waals surface area contributed by atoms with Gasteiger partial charge in [-0.2, -0.15) is 0 Å². The highest BCUT2D eigenvalue weighted by Gasteiger charge is 2.27. The van der Waals surface area contributed by atoms with Crippen LogP contribution in [0.25, 0.3) is 0 Å². The molecule has 1 aliphatic rings. The van der Waals surface area contributed by atoms with E-state index in [4.69, 9.17) is 17.3 Å². The molecular weight excluding hydrogens is 270 g/mol. The van der Waals surface area contributed by atoms with E-state index < -0.39 is 9.84 Å². The van der Waals surface area contributed by atoms with Crippen LogP contribution in [0.4, 0.5) is 5.69 Å². The normalized spacial score (nSPS) is 17.8. The van der Waals surface area contributed by atoms with E-state index in [1.54, 1.807) is 18.2 Å². The Kier molecular flexibility index (Phi) is 4.17. The Balaban J connectivity index is 2.18. The van der Waals surface area contributed by atoms with Gasteiger partial charge in [0, 0.05) is 10.7 Å². The number of nitrogens with two attached hydrogens (primary N) is 1. The lowest BCUT2D eigenvalue weighted by molar-refractivity contribution is 0.483. The molecule has 0 unspecified atom stereocenters. The van der Waals surface area contributed by atoms with E-state index in [0.717, 1.165) is 32.1 Å². The summed E-state index contributed by atoms with van der Waals surface area (Å²) in [6.07, 6.45) is 4.72. The fourth-order valence-electron chi connectivity index (χ4n) is 2.46. The average Bonchev–Trinajstić information content (AvgIpc) is 2.35. The number of benzene rings is 1. The predicted molar refractivity (Wildman–Crippen MR) is 75.4 cm³/mol. The standard InChI is InChI=1S/C13H18ClNO2S/c14-13-7-6-11(15)8-10(13)9-18(16,17)12-4-2-1-3-5-12/h6-8,12H,1-5,9,15H2. The Labute approximate surface area is 113 Å². The Bertz CT molecular complexity index is 522. The van der Waals surface area contributed by atoms with Crippen molar-refractivity contribution >= 4 is 27.1 Å². The molecule has 0 aromatic heterocycles. The fourth-order valence-corrected chi connectivity index (χ4v) is 4.69. The number of rotatable bonds is 3. The van der Waals surface area contributed by atoms with Gasteiger partial charge in [-0.15, -0.1) is 0 Å². The molecule has 1 aromatic carbocycles. The summed E-state index contributed by atoms with van der Waals surface area (Å²) in [4.78, 5) is 0. The highest BCUT2D eigenvalue weighted by atomic mass is 35.5. The summed E-state index contributed by atoms with van der Waals surface area (Å²) >= 11 is 6.02. The molecule has 0 heterocycles. The maximum absolute atomic E-state index is 12.3. The second-order valence-electron chi connectivity index (χ2n) is 4.92. The number of anilines is 1. The molecule has 0 aliphatic heterocycles. The van der Waals surface area contributed by atoms with Crippen LogP contribution in [0.2, 0.25) is 5.02 Å². The molecule has 1 fully saturated rings. The molecule has 100 valence electrons. The van der Waals surface area contributed by atoms with Crippen LogP contribution in [0.15, 0.2) is 18.2 Å². The van der Waals surface area contributed by atoms with Crippen LogP contribution in [-0.4, -0.2) is 13.7 Å². The van der Waals surface area contributed by atoms with Crippen LogP contribution >= 0.6 is 11.6 Å². The summed E-state index contributed by atoms with van der Waals surface area (Å²) in [7, 11) is -3.12. The maximum atomic E-state index is 12.3. The molecule has 0 radical (unpaired) electrons. The van der Waals surface area contributed by atoms with E-state index in [1.807, 2.05) is 0 Å². The minimum Gasteiger partial charge on any atom is -0.399 e. The molecule has 0 spiro atoms. The summed E-state index contributed by atoms with van der Waals surface area (Å²) in [5.41, 5.74) is 6.83. The summed E-state index contributed by atoms with van der Waals surface area (Å²) in [5.74, 6) is 0.00153. The third kappa shape index (κ3) is 3.18. The molecule has 1 aromatic rings. The molecule has 18 heavy (non-hydrogen) atoms. The van der Waals surface area contributed by atoms with Gasteiger partial charge in [-0.1, -0.05) is 30.9 Å². The van der Waals surface area contributed by atoms with Crippen molar-refractivity contribution in [1.29, 1.82) is 0 Å². The lowest BCUT2D eigenvalue weighted by Crippen LogP contribution is -2.25. The van der Waals surface area contributed by atoms with E-state index in [-0.39, 0.29) is 11.0 Å². The van der Waals surface area contributed by atoms with Gasteiger partial charge in [-0.3, -0.25) is 0 Å². The zero-order valence-electron chi connectivity index (χ0n) is 10.2. The number of hydrogen-bond donors (Lipinski definition) is 1. The van der Waals surface area contributed by atoms with Crippen LogP contribution in [-0.2, 0) is 15.6 Å². The predicted octanol–water partition coefficient (Wildman–Crippen LogP) is 3.17. The van der Waals surface area contributed by atoms with Gasteiger partial charge in [-0.25, -0.2) is 8.42 Å². The Morgan fingerprint density at radius 1 is 1.22 bits per heavy atom. The van der Waals surface area contributed by atoms with Gasteiger partial charge in [0.2, 0.25) is 0 Å². The summed E-state index contributed by atoms with van der Waals surface area (Å²) in [6, 6.07) is 4.99. The van der Waals surface area contributed by atoms with Crippen LogP contribution < -0.4 is 5.73 Å². The topological polar surface area (TPSA) is 60.2 Å². The van der Waals surface area contributed by atoms with Crippen LogP contribution in [0.3, 0.4) is 0 Å². The van der Waals surface area contributed by atoms with E-state index in [0.29, 0.717) is 16.3 Å². The minimum absolute atomic E-state index is 0.00153. The lowest BCUT2D eigenvalue weighted by Gasteiger charge is -2.22. The van der Waals surface area contributed by atoms with Crippen molar-refractivity contribution in [3.05, 3.63) is 28.8 Å². The van der Waals surface area contributed by atoms with Gasteiger partial charge >= 0.3 is 0 Å². The first kappa shape index (κ1) is 13.7. The Morgan fingerprint density at radius 2 is 1.89 bits per heavy atom. The van der Waals surface area contributed by atoms with E-state index in [9.17, 15) is 8.42 Å². The molecule has 1 saturated carbocycles. The number of sulfone groups is 1. The molecule has 2 rings (SSSR count). The highest BCUT2D eigenvalue weighted by Crippen LogP contribution is 2.28. The summed E-state index contributed by atoms with van der Waals surface area (Å²) < 4.78 is 24.6. The van der Waals surface area contributed by atoms with Gasteiger partial charge in [0.1, 0.15) is 0 Å². The quantitative estimate of drug-likeness (QED) is 0.869. The highest BCUT2D eigenvalue weighted by molar-refractivity contribution is 7.91. The molecule has 5 heteroatoms. The van der Waals surface area contributed by atoms with Crippen molar-refractivity contribution in [2.45, 2.75) is 43.1 Å². The molecular formula is C13H18ClNO2S. The van der Waals surface area contributed by atoms with Crippen molar-refractivity contribution in [1.82, 2.24) is 0 Å². The van der Waals surface area contributed by atoms with Gasteiger partial charge in [0.15, 0.2) is 9.84 Å². The molecule has 3 nitrogen and oxygen atoms in total. The van der Waals surface area contributed by atoms with Gasteiger partial charge < -0.3 is 5.73 Å². The molecule has 0 amide bonds. The maximum Gasteiger partial charge on any atom is 0.157 e. The Morgan fingerprint density at radius 3 is 2.56 bits per heavy atom. The van der Waals surface area contributed by atoms with Gasteiger partial charge in [0.25, 0.3) is 0 Å². The van der Waals surface area contributed by atoms with Gasteiger partial charge in [-0.05, 0) is 36.6 Å². The molecule has 0 bridgehead atoms. The number of halogens is 1. The van der Waals surface area contributed by atoms with Crippen LogP contribution in [0.1, 0.15) is 37.7 Å². The third-order valence-electron chi connectivity index (χ3n) is 3.49. The molecule has 0 atom stereocenters. The van der Waals surface area contributed by atoms with Crippen LogP contribution in [0, 0.1) is 0 Å². The molecule has 0 saturated heterocycles. The van der Waals surface area contributed by atoms with Crippen molar-refractivity contribution in [3.8, 4) is 0 Å². The second-order valence-corrected chi connectivity index (χ2v) is 7.61. The smallest absolute Gasteiger partial charge is 0.157 e. The summed E-state index contributed by atoms with van der Waals surface area (Å²) in [6.45, 7) is 0. The lowest BCUT2D eigenvalue weighted by atomic mass is 10.0. The SMILES string of the molecule is Nc1ccc(Cl)c(CS(=O)(=O)C2CCCCC2)c1. The Hall–Kier alpha value is -0.740. The first-order valence-electron chi connectivity index (χ1n) is 6.24. The molecule has 1 aliphatic carbocycles. The first-order chi connectivity index (χ1) is 8.49. The van der Waals surface area contributed by atoms with Crippen molar-refractivity contribution in [2.24, 2.45) is 0 Å². The molecule has 2 N–H and O–H groups in total. The monoisotopic (exact) mass is 287 g/mol. The largest absolute Gasteiger partial charge is 0.399 e. The minimum atomic E-state index is -3.12. The number of hydrogen-bond acceptors (Lipinski definition) is 3. The fraction of sp³-hybridized carbons (Fsp3) is 0.538. The van der Waals surface area contributed by atoms with E-state index >= 15 is 0 Å². The number of nitrogen functional groups attached to an aromatic ring is 1. The zero-order valence-corrected chi connectivity index (χ0v) is 11.8. The second kappa shape index (κ2) is 5.49. The first-order valence-corrected chi connectivity index (χ1v) is 8.34. The average molecular weight is 288 g/mol. The zero-order chi connectivity index (χ0) is 13.2. The van der Waals surface area contributed by atoms with Crippen molar-refractivity contribution in [3.63, 3.8) is 0 Å². The van der Waals surface area contributed by atoms with E-state index in [2.05, 4.69) is 0 Å².